The van der Waals surface area contributed by atoms with Crippen LogP contribution in [0, 0.1) is 25.2 Å². The molecule has 42 heavy (non-hydrogen) atoms. The zero-order chi connectivity index (χ0) is 28.4. The third-order valence-electron chi connectivity index (χ3n) is 8.36. The van der Waals surface area contributed by atoms with Gasteiger partial charge in [-0.05, 0) is 85.6 Å². The van der Waals surface area contributed by atoms with E-state index >= 15 is 0 Å². The second-order valence-electron chi connectivity index (χ2n) is 11.0. The van der Waals surface area contributed by atoms with Gasteiger partial charge < -0.3 is 9.13 Å². The maximum absolute atomic E-state index is 10.9. The van der Waals surface area contributed by atoms with Crippen molar-refractivity contribution in [2.75, 3.05) is 0 Å². The third-order valence-corrected chi connectivity index (χ3v) is 8.36. The van der Waals surface area contributed by atoms with Gasteiger partial charge in [-0.15, -0.1) is 0 Å². The molecule has 0 aliphatic rings. The summed E-state index contributed by atoms with van der Waals surface area (Å²) in [6.07, 6.45) is 3.64. The first kappa shape index (κ1) is 24.2. The molecule has 0 unspecified atom stereocenters. The average molecular weight is 539 g/mol. The Bertz CT molecular complexity index is 2240. The molecular weight excluding hydrogens is 512 g/mol. The van der Waals surface area contributed by atoms with Crippen LogP contribution in [0.25, 0.3) is 66.1 Å². The fourth-order valence-corrected chi connectivity index (χ4v) is 6.48. The van der Waals surface area contributed by atoms with Gasteiger partial charge in [0.25, 0.3) is 0 Å². The molecule has 0 saturated carbocycles. The van der Waals surface area contributed by atoms with Crippen molar-refractivity contribution in [1.29, 1.82) is 5.26 Å². The molecule has 5 aromatic carbocycles. The maximum Gasteiger partial charge on any atom is 0.104 e. The van der Waals surface area contributed by atoms with E-state index in [-0.39, 0.29) is 0 Å². The summed E-state index contributed by atoms with van der Waals surface area (Å²) in [5, 5.41) is 15.6. The van der Waals surface area contributed by atoms with E-state index in [1.54, 1.807) is 0 Å². The van der Waals surface area contributed by atoms with Crippen LogP contribution in [0.4, 0.5) is 0 Å². The number of hydrogen-bond acceptors (Lipinski definition) is 2. The smallest absolute Gasteiger partial charge is 0.104 e. The van der Waals surface area contributed by atoms with E-state index in [4.69, 9.17) is 0 Å². The zero-order valence-corrected chi connectivity index (χ0v) is 23.3. The standard InChI is InChI=1S/C38H26N4/c1-24-11-13-35-30(19-24)28-7-3-5-9-33(28)41(35)37-21-27(26-15-17-40-18-16-26)22-38(32(37)23-39)42-34-10-6-4-8-29(34)31-20-25(2)12-14-36(31)42/h3-22H,1-2H3. The van der Waals surface area contributed by atoms with E-state index in [9.17, 15) is 5.26 Å². The molecule has 0 aliphatic carbocycles. The molecule has 0 fully saturated rings. The SMILES string of the molecule is Cc1ccc2c(c1)c1ccccc1n2-c1cc(-c2ccncc2)cc(-n2c3ccccc3c3cc(C)ccc32)c1C#N. The van der Waals surface area contributed by atoms with Crippen molar-refractivity contribution in [3.05, 3.63) is 138 Å². The van der Waals surface area contributed by atoms with E-state index < -0.39 is 0 Å². The summed E-state index contributed by atoms with van der Waals surface area (Å²) in [6.45, 7) is 4.25. The topological polar surface area (TPSA) is 46.5 Å². The van der Waals surface area contributed by atoms with Crippen LogP contribution in [-0.4, -0.2) is 14.1 Å². The highest BCUT2D eigenvalue weighted by atomic mass is 15.0. The van der Waals surface area contributed by atoms with Crippen molar-refractivity contribution in [3.8, 4) is 28.6 Å². The molecule has 8 aromatic rings. The van der Waals surface area contributed by atoms with Crippen molar-refractivity contribution in [3.63, 3.8) is 0 Å². The molecular formula is C38H26N4. The van der Waals surface area contributed by atoms with Crippen LogP contribution in [0.1, 0.15) is 16.7 Å². The third kappa shape index (κ3) is 3.51. The van der Waals surface area contributed by atoms with Gasteiger partial charge in [0.1, 0.15) is 11.6 Å². The molecule has 0 radical (unpaired) electrons. The fraction of sp³-hybridized carbons (Fsp3) is 0.0526. The van der Waals surface area contributed by atoms with E-state index in [0.717, 1.165) is 44.6 Å². The molecule has 0 aliphatic heterocycles. The van der Waals surface area contributed by atoms with Crippen molar-refractivity contribution >= 4 is 43.6 Å². The lowest BCUT2D eigenvalue weighted by Gasteiger charge is -2.18. The molecule has 4 nitrogen and oxygen atoms in total. The number of para-hydroxylation sites is 2. The minimum Gasteiger partial charge on any atom is -0.308 e. The largest absolute Gasteiger partial charge is 0.308 e. The summed E-state index contributed by atoms with van der Waals surface area (Å²) in [7, 11) is 0. The lowest BCUT2D eigenvalue weighted by molar-refractivity contribution is 1.12. The number of aryl methyl sites for hydroxylation is 2. The first-order valence-electron chi connectivity index (χ1n) is 14.1. The molecule has 3 aromatic heterocycles. The Morgan fingerprint density at radius 2 is 1.00 bits per heavy atom. The number of hydrogen-bond donors (Lipinski definition) is 0. The van der Waals surface area contributed by atoms with Crippen LogP contribution in [0.3, 0.4) is 0 Å². The molecule has 0 atom stereocenters. The summed E-state index contributed by atoms with van der Waals surface area (Å²) in [4.78, 5) is 4.27. The number of nitrogens with zero attached hydrogens (tertiary/aromatic N) is 4. The normalized spacial score (nSPS) is 11.5. The van der Waals surface area contributed by atoms with Gasteiger partial charge in [-0.25, -0.2) is 0 Å². The predicted molar refractivity (Wildman–Crippen MR) is 173 cm³/mol. The first-order valence-corrected chi connectivity index (χ1v) is 14.1. The van der Waals surface area contributed by atoms with Crippen LogP contribution in [0.15, 0.2) is 122 Å². The van der Waals surface area contributed by atoms with Crippen LogP contribution >= 0.6 is 0 Å². The lowest BCUT2D eigenvalue weighted by Crippen LogP contribution is -2.05. The summed E-state index contributed by atoms with van der Waals surface area (Å²) in [5.41, 5.74) is 11.1. The summed E-state index contributed by atoms with van der Waals surface area (Å²) in [6, 6.07) is 41.1. The van der Waals surface area contributed by atoms with Crippen LogP contribution in [-0.2, 0) is 0 Å². The summed E-state index contributed by atoms with van der Waals surface area (Å²) < 4.78 is 4.52. The Morgan fingerprint density at radius 1 is 0.524 bits per heavy atom. The van der Waals surface area contributed by atoms with Crippen molar-refractivity contribution in [2.45, 2.75) is 13.8 Å². The van der Waals surface area contributed by atoms with Gasteiger partial charge in [-0.2, -0.15) is 5.26 Å². The van der Waals surface area contributed by atoms with Gasteiger partial charge in [0.15, 0.2) is 0 Å². The Hall–Kier alpha value is -5.66. The number of rotatable bonds is 3. The predicted octanol–water partition coefficient (Wildman–Crippen LogP) is 9.43. The quantitative estimate of drug-likeness (QED) is 0.225. The Balaban J connectivity index is 1.57. The number of nitriles is 1. The van der Waals surface area contributed by atoms with Crippen molar-refractivity contribution in [2.24, 2.45) is 0 Å². The van der Waals surface area contributed by atoms with Gasteiger partial charge in [0, 0.05) is 33.9 Å². The van der Waals surface area contributed by atoms with E-state index in [1.165, 1.54) is 32.7 Å². The minimum absolute atomic E-state index is 0.624. The number of pyridine rings is 1. The molecule has 0 amide bonds. The summed E-state index contributed by atoms with van der Waals surface area (Å²) >= 11 is 0. The van der Waals surface area contributed by atoms with Crippen LogP contribution in [0.5, 0.6) is 0 Å². The molecule has 0 saturated heterocycles. The number of aromatic nitrogens is 3. The molecule has 0 N–H and O–H groups in total. The van der Waals surface area contributed by atoms with Gasteiger partial charge in [0.2, 0.25) is 0 Å². The molecule has 198 valence electrons. The molecule has 4 heteroatoms. The zero-order valence-electron chi connectivity index (χ0n) is 23.3. The van der Waals surface area contributed by atoms with Crippen molar-refractivity contribution in [1.82, 2.24) is 14.1 Å². The van der Waals surface area contributed by atoms with E-state index in [0.29, 0.717) is 5.56 Å². The van der Waals surface area contributed by atoms with Gasteiger partial charge in [0.05, 0.1) is 33.4 Å². The first-order chi connectivity index (χ1) is 20.6. The molecule has 0 spiro atoms. The Kier molecular flexibility index (Phi) is 5.29. The highest BCUT2D eigenvalue weighted by molar-refractivity contribution is 6.11. The highest BCUT2D eigenvalue weighted by Crippen LogP contribution is 2.40. The maximum atomic E-state index is 10.9. The lowest BCUT2D eigenvalue weighted by atomic mass is 10.0. The van der Waals surface area contributed by atoms with Gasteiger partial charge in [-0.3, -0.25) is 4.98 Å². The molecule has 8 rings (SSSR count). The van der Waals surface area contributed by atoms with Crippen LogP contribution < -0.4 is 0 Å². The Labute approximate surface area is 243 Å². The van der Waals surface area contributed by atoms with Gasteiger partial charge in [-0.1, -0.05) is 59.7 Å². The number of fused-ring (bicyclic) bond motifs is 6. The monoisotopic (exact) mass is 538 g/mol. The van der Waals surface area contributed by atoms with Crippen LogP contribution in [0.2, 0.25) is 0 Å². The molecule has 3 heterocycles. The van der Waals surface area contributed by atoms with Crippen molar-refractivity contribution < 1.29 is 0 Å². The Morgan fingerprint density at radius 3 is 1.50 bits per heavy atom. The fourth-order valence-electron chi connectivity index (χ4n) is 6.48. The second kappa shape index (κ2) is 9.19. The van der Waals surface area contributed by atoms with Gasteiger partial charge >= 0.3 is 0 Å². The highest BCUT2D eigenvalue weighted by Gasteiger charge is 2.22. The minimum atomic E-state index is 0.624. The molecule has 0 bridgehead atoms. The van der Waals surface area contributed by atoms with E-state index in [2.05, 4.69) is 131 Å². The summed E-state index contributed by atoms with van der Waals surface area (Å²) in [5.74, 6) is 0. The number of benzene rings is 5. The van der Waals surface area contributed by atoms with E-state index in [1.807, 2.05) is 24.5 Å². The second-order valence-corrected chi connectivity index (χ2v) is 11.0. The average Bonchev–Trinajstić information content (AvgIpc) is 3.53.